The van der Waals surface area contributed by atoms with Gasteiger partial charge in [-0.05, 0) is 59.9 Å². The minimum absolute atomic E-state index is 0. The van der Waals surface area contributed by atoms with Crippen LogP contribution in [0.5, 0.6) is 11.5 Å². The topological polar surface area (TPSA) is 59.0 Å². The summed E-state index contributed by atoms with van der Waals surface area (Å²) in [5.41, 5.74) is 4.55. The van der Waals surface area contributed by atoms with E-state index in [0.29, 0.717) is 12.4 Å². The zero-order chi connectivity index (χ0) is 27.5. The second kappa shape index (κ2) is 15.7. The quantitative estimate of drug-likeness (QED) is 0.176. The smallest absolute Gasteiger partial charge is 0.307 e. The van der Waals surface area contributed by atoms with Gasteiger partial charge in [0.25, 0.3) is 0 Å². The number of hydrogen-bond acceptors (Lipinski definition) is 4. The fourth-order valence-electron chi connectivity index (χ4n) is 4.82. The molecule has 0 aliphatic heterocycles. The van der Waals surface area contributed by atoms with Crippen LogP contribution in [0.4, 0.5) is 0 Å². The molecule has 210 valence electrons. The lowest BCUT2D eigenvalue weighted by Crippen LogP contribution is -2.37. The summed E-state index contributed by atoms with van der Waals surface area (Å²) in [4.78, 5) is 13.6. The molecule has 5 nitrogen and oxygen atoms in total. The molecule has 0 saturated heterocycles. The third kappa shape index (κ3) is 9.15. The number of carbonyl (C=O) groups is 1. The lowest BCUT2D eigenvalue weighted by Gasteiger charge is -2.33. The number of rotatable bonds is 14. The average Bonchev–Trinajstić information content (AvgIpc) is 2.96. The second-order valence-electron chi connectivity index (χ2n) is 9.86. The molecule has 40 heavy (non-hydrogen) atoms. The van der Waals surface area contributed by atoms with Crippen LogP contribution in [0.15, 0.2) is 109 Å². The second-order valence-corrected chi connectivity index (χ2v) is 9.86. The van der Waals surface area contributed by atoms with E-state index in [1.807, 2.05) is 36.4 Å². The molecule has 1 unspecified atom stereocenters. The monoisotopic (exact) mass is 559 g/mol. The van der Waals surface area contributed by atoms with Gasteiger partial charge in [-0.25, -0.2) is 0 Å². The molecule has 0 fully saturated rings. The summed E-state index contributed by atoms with van der Waals surface area (Å²) in [7, 11) is 1.69. The Kier molecular flexibility index (Phi) is 12.1. The molecule has 4 aromatic rings. The SMILES string of the molecule is COc1ccc(CN(CC(c2ccccc2)c2ccccc2)C(C)CCOc2cccc(CC(=O)O)c2)cc1.Cl. The third-order valence-corrected chi connectivity index (χ3v) is 7.05. The minimum Gasteiger partial charge on any atom is -0.497 e. The van der Waals surface area contributed by atoms with Crippen LogP contribution in [0.1, 0.15) is 41.5 Å². The summed E-state index contributed by atoms with van der Waals surface area (Å²) in [6.07, 6.45) is 0.819. The van der Waals surface area contributed by atoms with Crippen molar-refractivity contribution in [3.05, 3.63) is 131 Å². The Labute approximate surface area is 243 Å². The molecule has 0 aromatic heterocycles. The fourth-order valence-corrected chi connectivity index (χ4v) is 4.82. The van der Waals surface area contributed by atoms with E-state index in [0.717, 1.165) is 30.8 Å². The van der Waals surface area contributed by atoms with Gasteiger partial charge in [0.05, 0.1) is 20.1 Å². The summed E-state index contributed by atoms with van der Waals surface area (Å²) >= 11 is 0. The number of nitrogens with zero attached hydrogens (tertiary/aromatic N) is 1. The van der Waals surface area contributed by atoms with E-state index >= 15 is 0 Å². The molecular weight excluding hydrogens is 522 g/mol. The molecule has 0 saturated carbocycles. The van der Waals surface area contributed by atoms with Gasteiger partial charge in [-0.3, -0.25) is 9.69 Å². The van der Waals surface area contributed by atoms with Crippen molar-refractivity contribution < 1.29 is 19.4 Å². The molecule has 4 aromatic carbocycles. The van der Waals surface area contributed by atoms with Crippen molar-refractivity contribution in [1.82, 2.24) is 4.90 Å². The number of aliphatic carboxylic acids is 1. The van der Waals surface area contributed by atoms with Crippen LogP contribution in [0.3, 0.4) is 0 Å². The van der Waals surface area contributed by atoms with Crippen molar-refractivity contribution >= 4 is 18.4 Å². The molecule has 4 rings (SSSR count). The summed E-state index contributed by atoms with van der Waals surface area (Å²) in [6.45, 7) is 4.45. The maximum absolute atomic E-state index is 11.1. The van der Waals surface area contributed by atoms with Crippen molar-refractivity contribution in [1.29, 1.82) is 0 Å². The van der Waals surface area contributed by atoms with Crippen molar-refractivity contribution in [3.8, 4) is 11.5 Å². The Balaban J connectivity index is 0.00000441. The van der Waals surface area contributed by atoms with E-state index in [-0.39, 0.29) is 30.8 Å². The molecule has 0 amide bonds. The van der Waals surface area contributed by atoms with Crippen LogP contribution >= 0.6 is 12.4 Å². The lowest BCUT2D eigenvalue weighted by atomic mass is 9.90. The average molecular weight is 560 g/mol. The number of halogens is 1. The molecule has 0 aliphatic carbocycles. The normalized spacial score (nSPS) is 11.6. The van der Waals surface area contributed by atoms with E-state index in [1.165, 1.54) is 16.7 Å². The standard InChI is InChI=1S/C34H37NO4.ClH/c1-26(20-21-39-32-15-9-10-28(22-32)23-34(36)37)35(24-27-16-18-31(38-2)19-17-27)25-33(29-11-5-3-6-12-29)30-13-7-4-8-14-30;/h3-19,22,26,33H,20-21,23-25H2,1-2H3,(H,36,37);1H. The van der Waals surface area contributed by atoms with E-state index in [9.17, 15) is 4.79 Å². The highest BCUT2D eigenvalue weighted by molar-refractivity contribution is 5.85. The lowest BCUT2D eigenvalue weighted by molar-refractivity contribution is -0.136. The maximum Gasteiger partial charge on any atom is 0.307 e. The highest BCUT2D eigenvalue weighted by atomic mass is 35.5. The van der Waals surface area contributed by atoms with Crippen LogP contribution in [0, 0.1) is 0 Å². The fraction of sp³-hybridized carbons (Fsp3) is 0.265. The number of ether oxygens (including phenoxy) is 2. The Morgan fingerprint density at radius 1 is 0.800 bits per heavy atom. The predicted octanol–water partition coefficient (Wildman–Crippen LogP) is 7.24. The van der Waals surface area contributed by atoms with Gasteiger partial charge >= 0.3 is 5.97 Å². The van der Waals surface area contributed by atoms with Gasteiger partial charge in [-0.1, -0.05) is 84.9 Å². The molecule has 0 radical (unpaired) electrons. The molecule has 0 aliphatic rings. The molecule has 1 N–H and O–H groups in total. The van der Waals surface area contributed by atoms with Crippen molar-refractivity contribution in [3.63, 3.8) is 0 Å². The van der Waals surface area contributed by atoms with Gasteiger partial charge in [0.2, 0.25) is 0 Å². The Morgan fingerprint density at radius 2 is 1.43 bits per heavy atom. The highest BCUT2D eigenvalue weighted by Crippen LogP contribution is 2.28. The number of carboxylic acids is 1. The van der Waals surface area contributed by atoms with Gasteiger partial charge in [0, 0.05) is 25.0 Å². The van der Waals surface area contributed by atoms with Crippen molar-refractivity contribution in [2.75, 3.05) is 20.3 Å². The van der Waals surface area contributed by atoms with Crippen LogP contribution in [0.2, 0.25) is 0 Å². The minimum atomic E-state index is -0.846. The van der Waals surface area contributed by atoms with E-state index in [2.05, 4.69) is 84.6 Å². The highest BCUT2D eigenvalue weighted by Gasteiger charge is 2.22. The van der Waals surface area contributed by atoms with Crippen LogP contribution in [-0.4, -0.2) is 42.3 Å². The first-order chi connectivity index (χ1) is 19.0. The van der Waals surface area contributed by atoms with Gasteiger partial charge in [0.1, 0.15) is 11.5 Å². The van der Waals surface area contributed by atoms with E-state index in [1.54, 1.807) is 7.11 Å². The van der Waals surface area contributed by atoms with Gasteiger partial charge in [-0.2, -0.15) is 0 Å². The van der Waals surface area contributed by atoms with Crippen LogP contribution in [0.25, 0.3) is 0 Å². The first-order valence-corrected chi connectivity index (χ1v) is 13.4. The first kappa shape index (κ1) is 30.7. The molecule has 0 bridgehead atoms. The number of benzene rings is 4. The van der Waals surface area contributed by atoms with Crippen LogP contribution in [-0.2, 0) is 17.8 Å². The summed E-state index contributed by atoms with van der Waals surface area (Å²) in [5.74, 6) is 0.931. The summed E-state index contributed by atoms with van der Waals surface area (Å²) in [6, 6.07) is 37.3. The molecule has 0 heterocycles. The van der Waals surface area contributed by atoms with E-state index in [4.69, 9.17) is 14.6 Å². The van der Waals surface area contributed by atoms with Crippen molar-refractivity contribution in [2.45, 2.75) is 38.3 Å². The zero-order valence-electron chi connectivity index (χ0n) is 23.1. The molecular formula is C34H38ClNO4. The molecule has 1 atom stereocenters. The molecule has 6 heteroatoms. The maximum atomic E-state index is 11.1. The van der Waals surface area contributed by atoms with Gasteiger partial charge < -0.3 is 14.6 Å². The predicted molar refractivity (Wildman–Crippen MR) is 163 cm³/mol. The van der Waals surface area contributed by atoms with Gasteiger partial charge in [0.15, 0.2) is 0 Å². The Morgan fingerprint density at radius 3 is 2.00 bits per heavy atom. The van der Waals surface area contributed by atoms with Crippen LogP contribution < -0.4 is 9.47 Å². The largest absolute Gasteiger partial charge is 0.497 e. The summed E-state index contributed by atoms with van der Waals surface area (Å²) < 4.78 is 11.4. The van der Waals surface area contributed by atoms with Crippen molar-refractivity contribution in [2.24, 2.45) is 0 Å². The van der Waals surface area contributed by atoms with E-state index < -0.39 is 5.97 Å². The Bertz CT molecular complexity index is 1260. The van der Waals surface area contributed by atoms with Gasteiger partial charge in [-0.15, -0.1) is 12.4 Å². The summed E-state index contributed by atoms with van der Waals surface area (Å²) in [5, 5.41) is 9.10. The first-order valence-electron chi connectivity index (χ1n) is 13.4. The Hall–Kier alpha value is -3.80. The zero-order valence-corrected chi connectivity index (χ0v) is 23.9. The molecule has 0 spiro atoms. The number of hydrogen-bond donors (Lipinski definition) is 1. The number of methoxy groups -OCH3 is 1. The third-order valence-electron chi connectivity index (χ3n) is 7.05. The number of carboxylic acid groups (broad SMARTS) is 1.